The Morgan fingerprint density at radius 1 is 1.03 bits per heavy atom. The third-order valence-electron chi connectivity index (χ3n) is 5.70. The van der Waals surface area contributed by atoms with Crippen LogP contribution in [0.1, 0.15) is 43.4 Å². The summed E-state index contributed by atoms with van der Waals surface area (Å²) in [4.78, 5) is 0.295. The van der Waals surface area contributed by atoms with Crippen molar-refractivity contribution in [2.24, 2.45) is 11.8 Å². The van der Waals surface area contributed by atoms with Crippen molar-refractivity contribution >= 4 is 15.7 Å². The Balaban J connectivity index is 1.86. The Labute approximate surface area is 187 Å². The summed E-state index contributed by atoms with van der Waals surface area (Å²) in [5, 5.41) is 0. The van der Waals surface area contributed by atoms with Crippen LogP contribution in [0.15, 0.2) is 41.3 Å². The van der Waals surface area contributed by atoms with E-state index in [1.165, 1.54) is 0 Å². The highest BCUT2D eigenvalue weighted by molar-refractivity contribution is 7.92. The average Bonchev–Trinajstić information content (AvgIpc) is 2.72. The molecule has 170 valence electrons. The van der Waals surface area contributed by atoms with Crippen LogP contribution >= 0.6 is 0 Å². The zero-order valence-corrected chi connectivity index (χ0v) is 20.2. The van der Waals surface area contributed by atoms with E-state index in [9.17, 15) is 8.42 Å². The Morgan fingerprint density at radius 3 is 2.35 bits per heavy atom. The van der Waals surface area contributed by atoms with Crippen LogP contribution < -0.4 is 9.04 Å². The van der Waals surface area contributed by atoms with Crippen molar-refractivity contribution < 1.29 is 17.9 Å². The van der Waals surface area contributed by atoms with E-state index in [-0.39, 0.29) is 5.92 Å². The van der Waals surface area contributed by atoms with Gasteiger partial charge in [0, 0.05) is 19.8 Å². The minimum absolute atomic E-state index is 0.193. The zero-order chi connectivity index (χ0) is 22.6. The molecule has 0 spiro atoms. The quantitative estimate of drug-likeness (QED) is 0.555. The molecule has 0 amide bonds. The maximum atomic E-state index is 13.6. The van der Waals surface area contributed by atoms with Gasteiger partial charge in [0.25, 0.3) is 10.0 Å². The van der Waals surface area contributed by atoms with E-state index in [1.54, 1.807) is 22.5 Å². The maximum absolute atomic E-state index is 13.6. The minimum atomic E-state index is -3.70. The van der Waals surface area contributed by atoms with Crippen LogP contribution in [0.3, 0.4) is 0 Å². The van der Waals surface area contributed by atoms with Gasteiger partial charge >= 0.3 is 0 Å². The first kappa shape index (κ1) is 23.6. The van der Waals surface area contributed by atoms with Gasteiger partial charge in [0.05, 0.1) is 17.2 Å². The van der Waals surface area contributed by atoms with E-state index in [2.05, 4.69) is 0 Å². The summed E-state index contributed by atoms with van der Waals surface area (Å²) in [5.74, 6) is 1.42. The van der Waals surface area contributed by atoms with Gasteiger partial charge in [0.2, 0.25) is 0 Å². The highest BCUT2D eigenvalue weighted by Crippen LogP contribution is 2.31. The molecule has 0 atom stereocenters. The topological polar surface area (TPSA) is 55.8 Å². The fourth-order valence-electron chi connectivity index (χ4n) is 3.94. The van der Waals surface area contributed by atoms with E-state index in [1.807, 2.05) is 52.8 Å². The van der Waals surface area contributed by atoms with Crippen molar-refractivity contribution in [1.29, 1.82) is 0 Å². The molecule has 6 heteroatoms. The molecule has 0 bridgehead atoms. The van der Waals surface area contributed by atoms with Gasteiger partial charge in [-0.15, -0.1) is 0 Å². The van der Waals surface area contributed by atoms with Gasteiger partial charge in [-0.25, -0.2) is 8.42 Å². The Morgan fingerprint density at radius 2 is 1.74 bits per heavy atom. The van der Waals surface area contributed by atoms with Crippen LogP contribution in [0.4, 0.5) is 5.69 Å². The second kappa shape index (κ2) is 10.0. The van der Waals surface area contributed by atoms with Crippen LogP contribution in [0.25, 0.3) is 0 Å². The van der Waals surface area contributed by atoms with E-state index >= 15 is 0 Å². The third-order valence-corrected chi connectivity index (χ3v) is 7.48. The fourth-order valence-corrected chi connectivity index (χ4v) is 5.71. The number of anilines is 1. The smallest absolute Gasteiger partial charge is 0.264 e. The molecule has 1 fully saturated rings. The number of nitrogens with zero attached hydrogens (tertiary/aromatic N) is 1. The first-order valence-electron chi connectivity index (χ1n) is 11.1. The van der Waals surface area contributed by atoms with Gasteiger partial charge < -0.3 is 9.47 Å². The summed E-state index contributed by atoms with van der Waals surface area (Å²) >= 11 is 0. The predicted octanol–water partition coefficient (Wildman–Crippen LogP) is 5.27. The Hall–Kier alpha value is -2.05. The van der Waals surface area contributed by atoms with E-state index in [0.717, 1.165) is 54.2 Å². The zero-order valence-electron chi connectivity index (χ0n) is 19.3. The number of aryl methyl sites for hydroxylation is 3. The normalized spacial score (nSPS) is 15.3. The number of sulfonamides is 1. The predicted molar refractivity (Wildman–Crippen MR) is 126 cm³/mol. The monoisotopic (exact) mass is 445 g/mol. The largest absolute Gasteiger partial charge is 0.493 e. The molecule has 0 unspecified atom stereocenters. The van der Waals surface area contributed by atoms with Gasteiger partial charge in [-0.05, 0) is 80.8 Å². The van der Waals surface area contributed by atoms with E-state index in [4.69, 9.17) is 9.47 Å². The highest BCUT2D eigenvalue weighted by atomic mass is 32.2. The summed E-state index contributed by atoms with van der Waals surface area (Å²) in [6.07, 6.45) is 2.01. The lowest BCUT2D eigenvalue weighted by Gasteiger charge is -2.28. The second-order valence-corrected chi connectivity index (χ2v) is 10.9. The first-order valence-corrected chi connectivity index (χ1v) is 12.5. The van der Waals surface area contributed by atoms with Crippen LogP contribution in [-0.4, -0.2) is 34.8 Å². The molecule has 5 nitrogen and oxygen atoms in total. The standard InChI is InChI=1S/C25H35NO4S/c1-18(2)16-26(24-8-6-19(3)14-20(24)4)31(27,28)23-7-9-25(21(5)15-23)30-17-22-10-12-29-13-11-22/h6-9,14-15,18,22H,10-13,16-17H2,1-5H3. The molecule has 0 aliphatic carbocycles. The second-order valence-electron chi connectivity index (χ2n) is 9.01. The molecule has 31 heavy (non-hydrogen) atoms. The summed E-state index contributed by atoms with van der Waals surface area (Å²) in [7, 11) is -3.70. The van der Waals surface area contributed by atoms with Crippen LogP contribution in [0.2, 0.25) is 0 Å². The molecule has 2 aromatic carbocycles. The third kappa shape index (κ3) is 5.80. The van der Waals surface area contributed by atoms with Crippen molar-refractivity contribution in [3.63, 3.8) is 0 Å². The van der Waals surface area contributed by atoms with Crippen molar-refractivity contribution in [3.05, 3.63) is 53.1 Å². The Bertz CT molecular complexity index is 995. The molecule has 0 aromatic heterocycles. The van der Waals surface area contributed by atoms with Gasteiger partial charge in [-0.1, -0.05) is 31.5 Å². The maximum Gasteiger partial charge on any atom is 0.264 e. The molecule has 0 radical (unpaired) electrons. The minimum Gasteiger partial charge on any atom is -0.493 e. The molecular formula is C25H35NO4S. The van der Waals surface area contributed by atoms with Crippen molar-refractivity contribution in [2.75, 3.05) is 30.7 Å². The number of benzene rings is 2. The molecule has 1 aliphatic heterocycles. The van der Waals surface area contributed by atoms with Gasteiger partial charge in [-0.2, -0.15) is 0 Å². The molecule has 1 saturated heterocycles. The molecule has 1 heterocycles. The van der Waals surface area contributed by atoms with Crippen LogP contribution in [0.5, 0.6) is 5.75 Å². The molecular weight excluding hydrogens is 410 g/mol. The fraction of sp³-hybridized carbons (Fsp3) is 0.520. The van der Waals surface area contributed by atoms with Crippen molar-refractivity contribution in [3.8, 4) is 5.75 Å². The van der Waals surface area contributed by atoms with E-state index in [0.29, 0.717) is 24.0 Å². The first-order chi connectivity index (χ1) is 14.7. The number of ether oxygens (including phenoxy) is 2. The summed E-state index contributed by atoms with van der Waals surface area (Å²) in [6.45, 7) is 12.6. The van der Waals surface area contributed by atoms with Gasteiger partial charge in [-0.3, -0.25) is 4.31 Å². The van der Waals surface area contributed by atoms with Crippen LogP contribution in [0, 0.1) is 32.6 Å². The highest BCUT2D eigenvalue weighted by Gasteiger charge is 2.27. The van der Waals surface area contributed by atoms with Crippen molar-refractivity contribution in [1.82, 2.24) is 0 Å². The lowest BCUT2D eigenvalue weighted by atomic mass is 10.0. The Kier molecular flexibility index (Phi) is 7.65. The molecule has 0 N–H and O–H groups in total. The van der Waals surface area contributed by atoms with Crippen LogP contribution in [-0.2, 0) is 14.8 Å². The van der Waals surface area contributed by atoms with Gasteiger partial charge in [0.15, 0.2) is 0 Å². The lowest BCUT2D eigenvalue weighted by Crippen LogP contribution is -2.35. The summed E-state index contributed by atoms with van der Waals surface area (Å²) < 4.78 is 40.3. The van der Waals surface area contributed by atoms with Gasteiger partial charge in [0.1, 0.15) is 5.75 Å². The molecule has 2 aromatic rings. The number of hydrogen-bond donors (Lipinski definition) is 0. The number of hydrogen-bond acceptors (Lipinski definition) is 4. The average molecular weight is 446 g/mol. The molecule has 1 aliphatic rings. The molecule has 3 rings (SSSR count). The van der Waals surface area contributed by atoms with Crippen molar-refractivity contribution in [2.45, 2.75) is 52.4 Å². The lowest BCUT2D eigenvalue weighted by molar-refractivity contribution is 0.0496. The number of rotatable bonds is 8. The SMILES string of the molecule is Cc1ccc(N(CC(C)C)S(=O)(=O)c2ccc(OCC3CCOCC3)c(C)c2)c(C)c1. The van der Waals surface area contributed by atoms with E-state index < -0.39 is 10.0 Å². The molecule has 0 saturated carbocycles. The summed E-state index contributed by atoms with van der Waals surface area (Å²) in [6, 6.07) is 11.1. The summed E-state index contributed by atoms with van der Waals surface area (Å²) in [5.41, 5.74) is 3.64.